The second kappa shape index (κ2) is 3.88. The van der Waals surface area contributed by atoms with E-state index in [1.165, 1.54) is 15.4 Å². The summed E-state index contributed by atoms with van der Waals surface area (Å²) < 4.78 is 2.99. The van der Waals surface area contributed by atoms with Crippen LogP contribution in [0.15, 0.2) is 23.4 Å². The summed E-state index contributed by atoms with van der Waals surface area (Å²) >= 11 is 0. The fourth-order valence-electron chi connectivity index (χ4n) is 2.05. The molecule has 7 nitrogen and oxygen atoms in total. The maximum absolute atomic E-state index is 12.3. The van der Waals surface area contributed by atoms with Crippen molar-refractivity contribution in [2.75, 3.05) is 6.61 Å². The number of pyridine rings is 1. The lowest BCUT2D eigenvalue weighted by Crippen LogP contribution is -2.22. The van der Waals surface area contributed by atoms with Crippen molar-refractivity contribution in [2.24, 2.45) is 0 Å². The Kier molecular flexibility index (Phi) is 2.34. The van der Waals surface area contributed by atoms with Crippen LogP contribution in [-0.4, -0.2) is 35.9 Å². The molecule has 0 bridgehead atoms. The molecule has 0 saturated carbocycles. The standard InChI is InChI=1S/C11H11N5O2/c1-7-9-8(16-11(14-7)12-6-13-16)2-3-15(4-5-17)10(9)18/h2-3,6,17H,4-5H2,1H3. The molecule has 0 aliphatic rings. The minimum absolute atomic E-state index is 0.0799. The van der Waals surface area contributed by atoms with Crippen LogP contribution >= 0.6 is 0 Å². The molecule has 0 atom stereocenters. The van der Waals surface area contributed by atoms with Crippen molar-refractivity contribution in [3.63, 3.8) is 0 Å². The SMILES string of the molecule is Cc1nc2ncnn2c2ccn(CCO)c(=O)c12. The largest absolute Gasteiger partial charge is 0.395 e. The van der Waals surface area contributed by atoms with Gasteiger partial charge >= 0.3 is 0 Å². The van der Waals surface area contributed by atoms with Crippen molar-refractivity contribution in [3.05, 3.63) is 34.6 Å². The van der Waals surface area contributed by atoms with Crippen LogP contribution in [0.5, 0.6) is 0 Å². The molecule has 0 amide bonds. The van der Waals surface area contributed by atoms with Gasteiger partial charge in [0, 0.05) is 12.7 Å². The highest BCUT2D eigenvalue weighted by molar-refractivity contribution is 5.81. The number of aliphatic hydroxyl groups is 1. The van der Waals surface area contributed by atoms with E-state index in [-0.39, 0.29) is 18.7 Å². The van der Waals surface area contributed by atoms with E-state index >= 15 is 0 Å². The normalized spacial score (nSPS) is 11.4. The Labute approximate surface area is 101 Å². The highest BCUT2D eigenvalue weighted by Gasteiger charge is 2.11. The highest BCUT2D eigenvalue weighted by atomic mass is 16.3. The Morgan fingerprint density at radius 2 is 2.28 bits per heavy atom. The molecule has 1 N–H and O–H groups in total. The van der Waals surface area contributed by atoms with Crippen LogP contribution in [-0.2, 0) is 6.54 Å². The lowest BCUT2D eigenvalue weighted by Gasteiger charge is -2.07. The fraction of sp³-hybridized carbons (Fsp3) is 0.273. The molecule has 18 heavy (non-hydrogen) atoms. The van der Waals surface area contributed by atoms with Crippen molar-refractivity contribution >= 4 is 16.7 Å². The first kappa shape index (κ1) is 10.8. The van der Waals surface area contributed by atoms with E-state index in [4.69, 9.17) is 5.11 Å². The molecule has 0 unspecified atom stereocenters. The third kappa shape index (κ3) is 1.41. The smallest absolute Gasteiger partial charge is 0.261 e. The third-order valence-corrected chi connectivity index (χ3v) is 2.87. The van der Waals surface area contributed by atoms with E-state index in [0.717, 1.165) is 0 Å². The van der Waals surface area contributed by atoms with E-state index in [2.05, 4.69) is 15.1 Å². The van der Waals surface area contributed by atoms with Gasteiger partial charge in [0.2, 0.25) is 0 Å². The van der Waals surface area contributed by atoms with Gasteiger partial charge in [0.05, 0.1) is 23.2 Å². The Morgan fingerprint density at radius 1 is 1.44 bits per heavy atom. The van der Waals surface area contributed by atoms with Crippen LogP contribution in [0.2, 0.25) is 0 Å². The molecule has 0 aliphatic carbocycles. The van der Waals surface area contributed by atoms with Crippen LogP contribution in [0.3, 0.4) is 0 Å². The highest BCUT2D eigenvalue weighted by Crippen LogP contribution is 2.13. The number of rotatable bonds is 2. The number of hydrogen-bond acceptors (Lipinski definition) is 5. The Morgan fingerprint density at radius 3 is 3.06 bits per heavy atom. The van der Waals surface area contributed by atoms with Crippen LogP contribution in [0, 0.1) is 6.92 Å². The molecular weight excluding hydrogens is 234 g/mol. The summed E-state index contributed by atoms with van der Waals surface area (Å²) in [6.07, 6.45) is 3.04. The molecule has 0 radical (unpaired) electrons. The van der Waals surface area contributed by atoms with E-state index < -0.39 is 0 Å². The predicted octanol–water partition coefficient (Wildman–Crippen LogP) is -0.260. The van der Waals surface area contributed by atoms with Gasteiger partial charge in [-0.15, -0.1) is 0 Å². The van der Waals surface area contributed by atoms with Gasteiger partial charge in [-0.1, -0.05) is 0 Å². The summed E-state index contributed by atoms with van der Waals surface area (Å²) in [5, 5.41) is 13.5. The maximum atomic E-state index is 12.3. The zero-order valence-electron chi connectivity index (χ0n) is 9.74. The van der Waals surface area contributed by atoms with Gasteiger partial charge in [0.25, 0.3) is 11.3 Å². The zero-order valence-corrected chi connectivity index (χ0v) is 9.74. The van der Waals surface area contributed by atoms with Crippen molar-refractivity contribution < 1.29 is 5.11 Å². The van der Waals surface area contributed by atoms with Crippen LogP contribution in [0.4, 0.5) is 0 Å². The van der Waals surface area contributed by atoms with Crippen molar-refractivity contribution in [3.8, 4) is 0 Å². The first-order valence-corrected chi connectivity index (χ1v) is 5.52. The molecular formula is C11H11N5O2. The molecule has 92 valence electrons. The average Bonchev–Trinajstić information content (AvgIpc) is 2.80. The summed E-state index contributed by atoms with van der Waals surface area (Å²) in [6.45, 7) is 1.95. The molecule has 0 spiro atoms. The van der Waals surface area contributed by atoms with Gasteiger partial charge < -0.3 is 9.67 Å². The molecule has 7 heteroatoms. The first-order valence-electron chi connectivity index (χ1n) is 5.52. The summed E-state index contributed by atoms with van der Waals surface area (Å²) in [5.74, 6) is 0.472. The van der Waals surface area contributed by atoms with Gasteiger partial charge in [0.15, 0.2) is 0 Å². The summed E-state index contributed by atoms with van der Waals surface area (Å²) in [7, 11) is 0. The van der Waals surface area contributed by atoms with E-state index in [1.54, 1.807) is 19.2 Å². The Balaban J connectivity index is 2.47. The molecule has 0 aromatic carbocycles. The molecule has 0 aliphatic heterocycles. The minimum atomic E-state index is -0.177. The lowest BCUT2D eigenvalue weighted by molar-refractivity contribution is 0.274. The number of hydrogen-bond donors (Lipinski definition) is 1. The number of fused-ring (bicyclic) bond motifs is 3. The zero-order chi connectivity index (χ0) is 12.7. The van der Waals surface area contributed by atoms with Gasteiger partial charge in [-0.2, -0.15) is 14.6 Å². The van der Waals surface area contributed by atoms with Crippen molar-refractivity contribution in [2.45, 2.75) is 13.5 Å². The molecule has 3 heterocycles. The van der Waals surface area contributed by atoms with E-state index in [1.807, 2.05) is 0 Å². The van der Waals surface area contributed by atoms with E-state index in [0.29, 0.717) is 22.4 Å². The van der Waals surface area contributed by atoms with Gasteiger partial charge in [-0.05, 0) is 13.0 Å². The quantitative estimate of drug-likeness (QED) is 0.672. The monoisotopic (exact) mass is 245 g/mol. The number of aryl methyl sites for hydroxylation is 1. The van der Waals surface area contributed by atoms with Gasteiger partial charge in [0.1, 0.15) is 6.33 Å². The first-order chi connectivity index (χ1) is 8.72. The average molecular weight is 245 g/mol. The summed E-state index contributed by atoms with van der Waals surface area (Å²) in [5.41, 5.74) is 1.11. The van der Waals surface area contributed by atoms with Crippen LogP contribution in [0.25, 0.3) is 16.7 Å². The second-order valence-corrected chi connectivity index (χ2v) is 3.97. The topological polar surface area (TPSA) is 85.3 Å². The molecule has 3 aromatic heterocycles. The Hall–Kier alpha value is -2.28. The van der Waals surface area contributed by atoms with Gasteiger partial charge in [-0.3, -0.25) is 4.79 Å². The predicted molar refractivity (Wildman–Crippen MR) is 64.4 cm³/mol. The molecule has 3 aromatic rings. The number of nitrogens with zero attached hydrogens (tertiary/aromatic N) is 5. The van der Waals surface area contributed by atoms with Crippen molar-refractivity contribution in [1.82, 2.24) is 24.1 Å². The van der Waals surface area contributed by atoms with Crippen molar-refractivity contribution in [1.29, 1.82) is 0 Å². The lowest BCUT2D eigenvalue weighted by atomic mass is 10.2. The summed E-state index contributed by atoms with van der Waals surface area (Å²) in [4.78, 5) is 20.5. The molecule has 3 rings (SSSR count). The third-order valence-electron chi connectivity index (χ3n) is 2.87. The molecule has 0 fully saturated rings. The number of aromatic nitrogens is 5. The van der Waals surface area contributed by atoms with Crippen LogP contribution in [0.1, 0.15) is 5.69 Å². The second-order valence-electron chi connectivity index (χ2n) is 3.97. The van der Waals surface area contributed by atoms with E-state index in [9.17, 15) is 4.79 Å². The number of aliphatic hydroxyl groups excluding tert-OH is 1. The maximum Gasteiger partial charge on any atom is 0.261 e. The Bertz CT molecular complexity index is 789. The fourth-order valence-corrected chi connectivity index (χ4v) is 2.05. The summed E-state index contributed by atoms with van der Waals surface area (Å²) in [6, 6.07) is 1.78. The van der Waals surface area contributed by atoms with Crippen LogP contribution < -0.4 is 5.56 Å². The minimum Gasteiger partial charge on any atom is -0.395 e. The van der Waals surface area contributed by atoms with Gasteiger partial charge in [-0.25, -0.2) is 4.98 Å². The molecule has 0 saturated heterocycles.